The lowest BCUT2D eigenvalue weighted by atomic mass is 9.90. The van der Waals surface area contributed by atoms with Crippen molar-refractivity contribution < 1.29 is 16.7 Å². The minimum atomic E-state index is -4.36. The van der Waals surface area contributed by atoms with Crippen LogP contribution in [0.25, 0.3) is 0 Å². The molecular weight excluding hydrogens is 186 g/mol. The van der Waals surface area contributed by atoms with E-state index in [1.165, 1.54) is 0 Å². The smallest absolute Gasteiger partial charge is 0.247 e. The minimum Gasteiger partial charge on any atom is -0.247 e. The van der Waals surface area contributed by atoms with Gasteiger partial charge in [-0.15, -0.1) is 3.89 Å². The van der Waals surface area contributed by atoms with Gasteiger partial charge in [-0.05, 0) is 31.6 Å². The topological polar surface area (TPSA) is 34.1 Å². The van der Waals surface area contributed by atoms with E-state index < -0.39 is 22.1 Å². The summed E-state index contributed by atoms with van der Waals surface area (Å²) >= 11 is 0. The summed E-state index contributed by atoms with van der Waals surface area (Å²) in [6, 6.07) is 0. The molecular formula is C7H12F2O2S. The first-order valence-corrected chi connectivity index (χ1v) is 5.59. The maximum atomic E-state index is 12.5. The molecule has 0 aliphatic heterocycles. The van der Waals surface area contributed by atoms with Crippen molar-refractivity contribution in [3.63, 3.8) is 0 Å². The van der Waals surface area contributed by atoms with E-state index in [0.717, 1.165) is 0 Å². The molecule has 0 aromatic rings. The van der Waals surface area contributed by atoms with Gasteiger partial charge in [0.1, 0.15) is 6.17 Å². The number of halogens is 2. The fraction of sp³-hybridized carbons (Fsp3) is 1.00. The maximum Gasteiger partial charge on any atom is 0.302 e. The number of rotatable bonds is 2. The Morgan fingerprint density at radius 2 is 1.67 bits per heavy atom. The van der Waals surface area contributed by atoms with E-state index in [2.05, 4.69) is 0 Å². The van der Waals surface area contributed by atoms with Crippen molar-refractivity contribution >= 4 is 10.2 Å². The molecule has 0 atom stereocenters. The molecule has 0 aromatic carbocycles. The summed E-state index contributed by atoms with van der Waals surface area (Å²) in [5.41, 5.74) is 0. The van der Waals surface area contributed by atoms with Gasteiger partial charge in [0.2, 0.25) is 0 Å². The van der Waals surface area contributed by atoms with Crippen molar-refractivity contribution in [2.24, 2.45) is 5.92 Å². The van der Waals surface area contributed by atoms with Crippen molar-refractivity contribution in [2.75, 3.05) is 5.75 Å². The monoisotopic (exact) mass is 198 g/mol. The van der Waals surface area contributed by atoms with Crippen LogP contribution in [0.4, 0.5) is 8.28 Å². The highest BCUT2D eigenvalue weighted by molar-refractivity contribution is 7.86. The number of hydrogen-bond donors (Lipinski definition) is 0. The lowest BCUT2D eigenvalue weighted by Gasteiger charge is -2.22. The Labute approximate surface area is 71.2 Å². The minimum absolute atomic E-state index is 0.174. The molecule has 0 radical (unpaired) electrons. The molecule has 1 fully saturated rings. The molecule has 0 amide bonds. The Balaban J connectivity index is 2.36. The molecule has 1 aliphatic carbocycles. The van der Waals surface area contributed by atoms with Crippen LogP contribution in [0.15, 0.2) is 0 Å². The fourth-order valence-electron chi connectivity index (χ4n) is 1.57. The third-order valence-corrected chi connectivity index (χ3v) is 3.08. The molecule has 5 heteroatoms. The van der Waals surface area contributed by atoms with Gasteiger partial charge >= 0.3 is 10.2 Å². The quantitative estimate of drug-likeness (QED) is 0.634. The van der Waals surface area contributed by atoms with E-state index in [0.29, 0.717) is 25.7 Å². The molecule has 2 nitrogen and oxygen atoms in total. The third-order valence-electron chi connectivity index (χ3n) is 2.21. The zero-order chi connectivity index (χ0) is 9.19. The molecule has 0 saturated heterocycles. The third kappa shape index (κ3) is 3.47. The predicted octanol–water partition coefficient (Wildman–Crippen LogP) is 1.81. The molecule has 1 saturated carbocycles. The van der Waals surface area contributed by atoms with Crippen LogP contribution in [0, 0.1) is 5.92 Å². The molecule has 72 valence electrons. The lowest BCUT2D eigenvalue weighted by molar-refractivity contribution is 0.216. The molecule has 1 rings (SSSR count). The maximum absolute atomic E-state index is 12.5. The Hall–Kier alpha value is -0.190. The highest BCUT2D eigenvalue weighted by Gasteiger charge is 2.24. The largest absolute Gasteiger partial charge is 0.302 e. The summed E-state index contributed by atoms with van der Waals surface area (Å²) < 4.78 is 45.1. The first kappa shape index (κ1) is 9.89. The normalized spacial score (nSPS) is 31.8. The molecule has 0 spiro atoms. The van der Waals surface area contributed by atoms with Crippen LogP contribution in [0.1, 0.15) is 25.7 Å². The SMILES string of the molecule is O=S(=O)(F)CC1CCC(F)CC1. The zero-order valence-corrected chi connectivity index (χ0v) is 7.49. The van der Waals surface area contributed by atoms with Crippen molar-refractivity contribution in [3.8, 4) is 0 Å². The van der Waals surface area contributed by atoms with Crippen LogP contribution in [0.3, 0.4) is 0 Å². The van der Waals surface area contributed by atoms with E-state index in [-0.39, 0.29) is 5.92 Å². The molecule has 1 aliphatic rings. The molecule has 0 bridgehead atoms. The van der Waals surface area contributed by atoms with Gasteiger partial charge in [0, 0.05) is 0 Å². The fourth-order valence-corrected chi connectivity index (χ4v) is 2.47. The van der Waals surface area contributed by atoms with Crippen LogP contribution < -0.4 is 0 Å². The van der Waals surface area contributed by atoms with Crippen molar-refractivity contribution in [2.45, 2.75) is 31.9 Å². The summed E-state index contributed by atoms with van der Waals surface area (Å²) in [6.07, 6.45) is 0.915. The summed E-state index contributed by atoms with van der Waals surface area (Å²) in [5, 5.41) is 0. The Kier molecular flexibility index (Phi) is 3.04. The van der Waals surface area contributed by atoms with Crippen LogP contribution in [-0.4, -0.2) is 20.3 Å². The van der Waals surface area contributed by atoms with Crippen LogP contribution in [-0.2, 0) is 10.2 Å². The second-order valence-corrected chi connectivity index (χ2v) is 4.73. The van der Waals surface area contributed by atoms with E-state index >= 15 is 0 Å². The number of alkyl halides is 1. The van der Waals surface area contributed by atoms with E-state index in [9.17, 15) is 16.7 Å². The summed E-state index contributed by atoms with van der Waals surface area (Å²) in [7, 11) is -4.36. The second-order valence-electron chi connectivity index (χ2n) is 3.32. The highest BCUT2D eigenvalue weighted by Crippen LogP contribution is 2.27. The standard InChI is InChI=1S/C7H12F2O2S/c8-7-3-1-6(2-4-7)5-12(9,10)11/h6-7H,1-5H2. The molecule has 0 N–H and O–H groups in total. The molecule has 12 heavy (non-hydrogen) atoms. The average molecular weight is 198 g/mol. The van der Waals surface area contributed by atoms with Gasteiger partial charge in [0.25, 0.3) is 0 Å². The first-order chi connectivity index (χ1) is 5.47. The van der Waals surface area contributed by atoms with Gasteiger partial charge in [0.05, 0.1) is 5.75 Å². The lowest BCUT2D eigenvalue weighted by Crippen LogP contribution is -2.20. The Morgan fingerprint density at radius 1 is 1.17 bits per heavy atom. The second kappa shape index (κ2) is 3.68. The van der Waals surface area contributed by atoms with Gasteiger partial charge in [-0.1, -0.05) is 0 Å². The Bertz CT molecular complexity index is 230. The van der Waals surface area contributed by atoms with Crippen molar-refractivity contribution in [1.82, 2.24) is 0 Å². The predicted molar refractivity (Wildman–Crippen MR) is 41.7 cm³/mol. The summed E-state index contributed by atoms with van der Waals surface area (Å²) in [6.45, 7) is 0. The van der Waals surface area contributed by atoms with E-state index in [4.69, 9.17) is 0 Å². The first-order valence-electron chi connectivity index (χ1n) is 4.04. The van der Waals surface area contributed by atoms with Crippen LogP contribution in [0.2, 0.25) is 0 Å². The van der Waals surface area contributed by atoms with Gasteiger partial charge in [-0.2, -0.15) is 8.42 Å². The molecule has 0 unspecified atom stereocenters. The van der Waals surface area contributed by atoms with E-state index in [1.54, 1.807) is 0 Å². The van der Waals surface area contributed by atoms with Crippen LogP contribution in [0.5, 0.6) is 0 Å². The average Bonchev–Trinajstić information content (AvgIpc) is 1.91. The summed E-state index contributed by atoms with van der Waals surface area (Å²) in [5.74, 6) is -0.605. The van der Waals surface area contributed by atoms with Gasteiger partial charge in [-0.3, -0.25) is 0 Å². The van der Waals surface area contributed by atoms with Crippen LogP contribution >= 0.6 is 0 Å². The highest BCUT2D eigenvalue weighted by atomic mass is 32.3. The van der Waals surface area contributed by atoms with Crippen molar-refractivity contribution in [3.05, 3.63) is 0 Å². The Morgan fingerprint density at radius 3 is 2.08 bits per heavy atom. The molecule has 0 aromatic heterocycles. The van der Waals surface area contributed by atoms with Crippen molar-refractivity contribution in [1.29, 1.82) is 0 Å². The number of hydrogen-bond acceptors (Lipinski definition) is 2. The molecule has 0 heterocycles. The zero-order valence-electron chi connectivity index (χ0n) is 6.67. The van der Waals surface area contributed by atoms with Gasteiger partial charge in [0.15, 0.2) is 0 Å². The van der Waals surface area contributed by atoms with Gasteiger partial charge < -0.3 is 0 Å². The van der Waals surface area contributed by atoms with Gasteiger partial charge in [-0.25, -0.2) is 4.39 Å². The van der Waals surface area contributed by atoms with E-state index in [1.807, 2.05) is 0 Å². The summed E-state index contributed by atoms with van der Waals surface area (Å²) in [4.78, 5) is 0.